The largest absolute Gasteiger partial charge is 0.491 e. The number of carbonyl (C=O) groups is 1. The van der Waals surface area contributed by atoms with Crippen LogP contribution in [0.4, 0.5) is 27.6 Å². The van der Waals surface area contributed by atoms with Crippen molar-refractivity contribution in [2.24, 2.45) is 0 Å². The van der Waals surface area contributed by atoms with E-state index in [9.17, 15) is 26.7 Å². The lowest BCUT2D eigenvalue weighted by molar-refractivity contribution is -0.139. The summed E-state index contributed by atoms with van der Waals surface area (Å²) >= 11 is 2.83. The van der Waals surface area contributed by atoms with Crippen LogP contribution in [-0.4, -0.2) is 25.7 Å². The molecular weight excluding hydrogens is 489 g/mol. The van der Waals surface area contributed by atoms with Crippen LogP contribution in [0.1, 0.15) is 30.9 Å². The standard InChI is InChI=1S/C21H21BrF5NO3/c1-2-3-8-30-9-10-31-17-7-5-14(12-15(17)21(25,26)27)28-18(29)11-13-4-6-16(22)20(24)19(13)23/h4-7,12H,2-3,8-11H2,1H3,(H,28,29). The van der Waals surface area contributed by atoms with Crippen molar-refractivity contribution < 1.29 is 36.2 Å². The molecule has 0 heterocycles. The van der Waals surface area contributed by atoms with Crippen LogP contribution in [0.5, 0.6) is 5.75 Å². The number of benzene rings is 2. The second-order valence-corrected chi connectivity index (χ2v) is 7.44. The van der Waals surface area contributed by atoms with E-state index < -0.39 is 41.5 Å². The lowest BCUT2D eigenvalue weighted by Crippen LogP contribution is -2.17. The number of alkyl halides is 3. The molecule has 1 N–H and O–H groups in total. The van der Waals surface area contributed by atoms with Gasteiger partial charge in [0, 0.05) is 17.9 Å². The number of carbonyl (C=O) groups excluding carboxylic acids is 1. The van der Waals surface area contributed by atoms with E-state index in [4.69, 9.17) is 9.47 Å². The van der Waals surface area contributed by atoms with E-state index in [0.717, 1.165) is 25.0 Å². The number of ether oxygens (including phenoxy) is 2. The van der Waals surface area contributed by atoms with Gasteiger partial charge in [-0.15, -0.1) is 0 Å². The van der Waals surface area contributed by atoms with E-state index in [1.165, 1.54) is 18.2 Å². The number of rotatable bonds is 10. The Balaban J connectivity index is 2.06. The Hall–Kier alpha value is -2.20. The van der Waals surface area contributed by atoms with Crippen LogP contribution in [0.25, 0.3) is 0 Å². The van der Waals surface area contributed by atoms with E-state index in [1.807, 2.05) is 6.92 Å². The Morgan fingerprint density at radius 1 is 1.06 bits per heavy atom. The van der Waals surface area contributed by atoms with Gasteiger partial charge in [-0.2, -0.15) is 13.2 Å². The van der Waals surface area contributed by atoms with Crippen LogP contribution in [-0.2, 0) is 22.1 Å². The van der Waals surface area contributed by atoms with Crippen LogP contribution in [0, 0.1) is 11.6 Å². The zero-order valence-corrected chi connectivity index (χ0v) is 18.2. The maximum atomic E-state index is 13.9. The smallest absolute Gasteiger partial charge is 0.420 e. The summed E-state index contributed by atoms with van der Waals surface area (Å²) in [4.78, 5) is 12.1. The first-order chi connectivity index (χ1) is 14.6. The molecule has 4 nitrogen and oxygen atoms in total. The number of amides is 1. The van der Waals surface area contributed by atoms with Crippen molar-refractivity contribution in [2.45, 2.75) is 32.4 Å². The Bertz CT molecular complexity index is 905. The summed E-state index contributed by atoms with van der Waals surface area (Å²) in [5.74, 6) is -3.55. The molecule has 0 aliphatic carbocycles. The van der Waals surface area contributed by atoms with Crippen molar-refractivity contribution in [1.29, 1.82) is 0 Å². The lowest BCUT2D eigenvalue weighted by Gasteiger charge is -2.16. The highest BCUT2D eigenvalue weighted by atomic mass is 79.9. The normalized spacial score (nSPS) is 11.5. The van der Waals surface area contributed by atoms with Gasteiger partial charge >= 0.3 is 6.18 Å². The van der Waals surface area contributed by atoms with Crippen molar-refractivity contribution in [2.75, 3.05) is 25.1 Å². The highest BCUT2D eigenvalue weighted by molar-refractivity contribution is 9.10. The molecule has 10 heteroatoms. The van der Waals surface area contributed by atoms with Crippen LogP contribution < -0.4 is 10.1 Å². The number of hydrogen-bond acceptors (Lipinski definition) is 3. The zero-order valence-electron chi connectivity index (χ0n) is 16.6. The van der Waals surface area contributed by atoms with Gasteiger partial charge in [-0.25, -0.2) is 8.78 Å². The Labute approximate surface area is 184 Å². The second kappa shape index (κ2) is 11.4. The Morgan fingerprint density at radius 3 is 2.48 bits per heavy atom. The molecule has 0 aliphatic rings. The van der Waals surface area contributed by atoms with Gasteiger partial charge < -0.3 is 14.8 Å². The number of unbranched alkanes of at least 4 members (excludes halogenated alkanes) is 1. The molecular formula is C21H21BrF5NO3. The number of anilines is 1. The second-order valence-electron chi connectivity index (χ2n) is 6.58. The molecule has 0 saturated carbocycles. The van der Waals surface area contributed by atoms with E-state index in [1.54, 1.807) is 0 Å². The maximum absolute atomic E-state index is 13.9. The molecule has 0 unspecified atom stereocenters. The van der Waals surface area contributed by atoms with Crippen LogP contribution in [0.2, 0.25) is 0 Å². The topological polar surface area (TPSA) is 47.6 Å². The van der Waals surface area contributed by atoms with Gasteiger partial charge in [0.25, 0.3) is 0 Å². The summed E-state index contributed by atoms with van der Waals surface area (Å²) in [6.45, 7) is 2.57. The van der Waals surface area contributed by atoms with Crippen molar-refractivity contribution in [3.8, 4) is 5.75 Å². The van der Waals surface area contributed by atoms with Gasteiger partial charge in [-0.05, 0) is 46.6 Å². The lowest BCUT2D eigenvalue weighted by atomic mass is 10.1. The minimum absolute atomic E-state index is 0.0626. The minimum atomic E-state index is -4.72. The molecule has 0 fully saturated rings. The van der Waals surface area contributed by atoms with Crippen LogP contribution in [0.3, 0.4) is 0 Å². The quantitative estimate of drug-likeness (QED) is 0.238. The van der Waals surface area contributed by atoms with Gasteiger partial charge in [0.1, 0.15) is 12.4 Å². The fourth-order valence-electron chi connectivity index (χ4n) is 2.59. The van der Waals surface area contributed by atoms with Crippen LogP contribution >= 0.6 is 15.9 Å². The van der Waals surface area contributed by atoms with Gasteiger partial charge in [0.15, 0.2) is 11.6 Å². The summed E-state index contributed by atoms with van der Waals surface area (Å²) < 4.78 is 78.0. The van der Waals surface area contributed by atoms with Crippen molar-refractivity contribution in [3.05, 3.63) is 57.6 Å². The van der Waals surface area contributed by atoms with E-state index >= 15 is 0 Å². The molecule has 0 spiro atoms. The average molecular weight is 510 g/mol. The molecule has 0 saturated heterocycles. The third-order valence-corrected chi connectivity index (χ3v) is 4.77. The molecule has 2 rings (SSSR count). The predicted octanol–water partition coefficient (Wildman–Crippen LogP) is 6.12. The van der Waals surface area contributed by atoms with Crippen LogP contribution in [0.15, 0.2) is 34.8 Å². The van der Waals surface area contributed by atoms with E-state index in [0.29, 0.717) is 6.61 Å². The SMILES string of the molecule is CCCCOCCOc1ccc(NC(=O)Cc2ccc(Br)c(F)c2F)cc1C(F)(F)F. The first-order valence-corrected chi connectivity index (χ1v) is 10.3. The summed E-state index contributed by atoms with van der Waals surface area (Å²) in [5, 5.41) is 2.26. The summed E-state index contributed by atoms with van der Waals surface area (Å²) in [7, 11) is 0. The molecule has 0 aliphatic heterocycles. The Kier molecular flexibility index (Phi) is 9.24. The van der Waals surface area contributed by atoms with Crippen molar-refractivity contribution in [1.82, 2.24) is 0 Å². The maximum Gasteiger partial charge on any atom is 0.420 e. The number of nitrogens with one attached hydrogen (secondary N) is 1. The molecule has 2 aromatic carbocycles. The van der Waals surface area contributed by atoms with Crippen molar-refractivity contribution >= 4 is 27.5 Å². The average Bonchev–Trinajstić information content (AvgIpc) is 2.71. The minimum Gasteiger partial charge on any atom is -0.491 e. The summed E-state index contributed by atoms with van der Waals surface area (Å²) in [6.07, 6.45) is -3.49. The van der Waals surface area contributed by atoms with E-state index in [2.05, 4.69) is 21.2 Å². The van der Waals surface area contributed by atoms with Gasteiger partial charge in [-0.3, -0.25) is 4.79 Å². The molecule has 31 heavy (non-hydrogen) atoms. The first kappa shape index (κ1) is 25.1. The molecule has 0 bridgehead atoms. The molecule has 0 radical (unpaired) electrons. The fraction of sp³-hybridized carbons (Fsp3) is 0.381. The Morgan fingerprint density at radius 2 is 1.81 bits per heavy atom. The molecule has 1 amide bonds. The first-order valence-electron chi connectivity index (χ1n) is 9.47. The summed E-state index contributed by atoms with van der Waals surface area (Å²) in [6, 6.07) is 5.50. The van der Waals surface area contributed by atoms with Gasteiger partial charge in [0.2, 0.25) is 5.91 Å². The molecule has 0 aromatic heterocycles. The molecule has 2 aromatic rings. The number of halogens is 6. The third kappa shape index (κ3) is 7.46. The fourth-order valence-corrected chi connectivity index (χ4v) is 2.90. The summed E-state index contributed by atoms with van der Waals surface area (Å²) in [5.41, 5.74) is -1.45. The highest BCUT2D eigenvalue weighted by Crippen LogP contribution is 2.38. The predicted molar refractivity (Wildman–Crippen MR) is 109 cm³/mol. The van der Waals surface area contributed by atoms with E-state index in [-0.39, 0.29) is 28.9 Å². The van der Waals surface area contributed by atoms with Gasteiger partial charge in [-0.1, -0.05) is 19.4 Å². The monoisotopic (exact) mass is 509 g/mol. The molecule has 170 valence electrons. The number of hydrogen-bond donors (Lipinski definition) is 1. The zero-order chi connectivity index (χ0) is 23.0. The molecule has 0 atom stereocenters. The highest BCUT2D eigenvalue weighted by Gasteiger charge is 2.35. The third-order valence-electron chi connectivity index (χ3n) is 4.16. The van der Waals surface area contributed by atoms with Crippen molar-refractivity contribution in [3.63, 3.8) is 0 Å². The van der Waals surface area contributed by atoms with Gasteiger partial charge in [0.05, 0.1) is 23.1 Å².